The summed E-state index contributed by atoms with van der Waals surface area (Å²) in [6, 6.07) is 6.97. The molecule has 24 heavy (non-hydrogen) atoms. The Hall–Kier alpha value is -2.40. The summed E-state index contributed by atoms with van der Waals surface area (Å²) >= 11 is 0. The highest BCUT2D eigenvalue weighted by molar-refractivity contribution is 6.11. The summed E-state index contributed by atoms with van der Waals surface area (Å²) in [7, 11) is 0. The average Bonchev–Trinajstić information content (AvgIpc) is 2.96. The first-order valence-corrected chi connectivity index (χ1v) is 8.00. The number of Topliss-reactive ketones (excluding diaryl/α,β-unsaturated/α-hetero) is 1. The molecule has 1 aliphatic rings. The van der Waals surface area contributed by atoms with Gasteiger partial charge in [-0.2, -0.15) is 0 Å². The van der Waals surface area contributed by atoms with E-state index in [0.717, 1.165) is 0 Å². The van der Waals surface area contributed by atoms with Gasteiger partial charge in [0, 0.05) is 11.6 Å². The Morgan fingerprint density at radius 1 is 1.29 bits per heavy atom. The van der Waals surface area contributed by atoms with Crippen LogP contribution in [0.2, 0.25) is 0 Å². The van der Waals surface area contributed by atoms with Crippen molar-refractivity contribution in [1.29, 1.82) is 0 Å². The van der Waals surface area contributed by atoms with Gasteiger partial charge in [0.2, 0.25) is 0 Å². The van der Waals surface area contributed by atoms with Crippen molar-refractivity contribution in [2.75, 3.05) is 4.90 Å². The van der Waals surface area contributed by atoms with Crippen molar-refractivity contribution in [3.63, 3.8) is 0 Å². The van der Waals surface area contributed by atoms with Crippen molar-refractivity contribution >= 4 is 17.4 Å². The van der Waals surface area contributed by atoms with Gasteiger partial charge in [0.25, 0.3) is 5.91 Å². The molecular formula is C19H21NO4. The summed E-state index contributed by atoms with van der Waals surface area (Å²) in [5, 5.41) is 11.1. The Balaban J connectivity index is 2.04. The zero-order valence-electron chi connectivity index (χ0n) is 14.3. The van der Waals surface area contributed by atoms with Crippen molar-refractivity contribution in [2.45, 2.75) is 45.8 Å². The molecule has 3 rings (SSSR count). The number of benzene rings is 1. The summed E-state index contributed by atoms with van der Waals surface area (Å²) in [4.78, 5) is 27.2. The van der Waals surface area contributed by atoms with Gasteiger partial charge in [0.15, 0.2) is 11.4 Å². The first kappa shape index (κ1) is 16.5. The monoisotopic (exact) mass is 327 g/mol. The van der Waals surface area contributed by atoms with E-state index >= 15 is 0 Å². The van der Waals surface area contributed by atoms with Crippen LogP contribution in [0.1, 0.15) is 47.5 Å². The highest BCUT2D eigenvalue weighted by Crippen LogP contribution is 2.44. The van der Waals surface area contributed by atoms with Crippen LogP contribution >= 0.6 is 0 Å². The third-order valence-corrected chi connectivity index (χ3v) is 4.55. The van der Waals surface area contributed by atoms with E-state index in [1.165, 1.54) is 6.26 Å². The van der Waals surface area contributed by atoms with Crippen molar-refractivity contribution in [3.05, 3.63) is 53.0 Å². The molecule has 5 nitrogen and oxygen atoms in total. The van der Waals surface area contributed by atoms with E-state index < -0.39 is 11.5 Å². The lowest BCUT2D eigenvalue weighted by Gasteiger charge is -2.25. The molecule has 1 aromatic heterocycles. The number of rotatable bonds is 4. The summed E-state index contributed by atoms with van der Waals surface area (Å²) in [6.45, 7) is 7.24. The maximum Gasteiger partial charge on any atom is 0.264 e. The highest BCUT2D eigenvalue weighted by Gasteiger charge is 2.51. The molecule has 1 aliphatic heterocycles. The fourth-order valence-corrected chi connectivity index (χ4v) is 3.45. The van der Waals surface area contributed by atoms with Crippen LogP contribution in [-0.4, -0.2) is 22.8 Å². The van der Waals surface area contributed by atoms with Crippen LogP contribution in [0, 0.1) is 13.8 Å². The number of ketones is 1. The average molecular weight is 327 g/mol. The van der Waals surface area contributed by atoms with Gasteiger partial charge in [-0.15, -0.1) is 0 Å². The molecule has 0 aliphatic carbocycles. The molecule has 1 amide bonds. The molecule has 0 bridgehead atoms. The van der Waals surface area contributed by atoms with Gasteiger partial charge in [-0.1, -0.05) is 18.2 Å². The van der Waals surface area contributed by atoms with Crippen molar-refractivity contribution < 1.29 is 19.1 Å². The fourth-order valence-electron chi connectivity index (χ4n) is 3.45. The molecule has 2 aromatic rings. The van der Waals surface area contributed by atoms with E-state index in [9.17, 15) is 14.7 Å². The van der Waals surface area contributed by atoms with Gasteiger partial charge in [-0.05, 0) is 39.3 Å². The third-order valence-electron chi connectivity index (χ3n) is 4.55. The number of anilines is 1. The molecule has 0 unspecified atom stereocenters. The molecule has 0 saturated heterocycles. The van der Waals surface area contributed by atoms with E-state index in [1.807, 2.05) is 19.9 Å². The Kier molecular flexibility index (Phi) is 3.84. The molecule has 1 atom stereocenters. The largest absolute Gasteiger partial charge is 0.469 e. The second-order valence-electron chi connectivity index (χ2n) is 6.60. The summed E-state index contributed by atoms with van der Waals surface area (Å²) < 4.78 is 5.27. The SMILES string of the molecule is Cc1coc(C)c1C(=O)C[C@]1(O)C(=O)N(C(C)C)c2ccccc21. The zero-order chi connectivity index (χ0) is 17.6. The maximum absolute atomic E-state index is 12.9. The fraction of sp³-hybridized carbons (Fsp3) is 0.368. The summed E-state index contributed by atoms with van der Waals surface area (Å²) in [5.74, 6) is -0.249. The minimum atomic E-state index is -1.84. The number of furan rings is 1. The second kappa shape index (κ2) is 5.60. The number of hydrogen-bond acceptors (Lipinski definition) is 4. The van der Waals surface area contributed by atoms with Crippen LogP contribution in [0.4, 0.5) is 5.69 Å². The number of carbonyl (C=O) groups excluding carboxylic acids is 2. The Morgan fingerprint density at radius 3 is 2.54 bits per heavy atom. The van der Waals surface area contributed by atoms with E-state index in [-0.39, 0.29) is 18.2 Å². The number of carbonyl (C=O) groups is 2. The number of para-hydroxylation sites is 1. The number of amides is 1. The Labute approximate surface area is 140 Å². The van der Waals surface area contributed by atoms with Crippen LogP contribution in [0.3, 0.4) is 0 Å². The van der Waals surface area contributed by atoms with Gasteiger partial charge in [0.05, 0.1) is 23.9 Å². The van der Waals surface area contributed by atoms with Crippen LogP contribution in [0.25, 0.3) is 0 Å². The number of nitrogens with zero attached hydrogens (tertiary/aromatic N) is 1. The van der Waals surface area contributed by atoms with Gasteiger partial charge in [-0.25, -0.2) is 0 Å². The van der Waals surface area contributed by atoms with Gasteiger partial charge in [-0.3, -0.25) is 9.59 Å². The highest BCUT2D eigenvalue weighted by atomic mass is 16.3. The summed E-state index contributed by atoms with van der Waals surface area (Å²) in [5.41, 5.74) is 0.454. The first-order chi connectivity index (χ1) is 11.3. The molecule has 126 valence electrons. The molecule has 1 N–H and O–H groups in total. The van der Waals surface area contributed by atoms with E-state index in [4.69, 9.17) is 4.42 Å². The molecule has 0 radical (unpaired) electrons. The van der Waals surface area contributed by atoms with Gasteiger partial charge >= 0.3 is 0 Å². The lowest BCUT2D eigenvalue weighted by molar-refractivity contribution is -0.136. The van der Waals surface area contributed by atoms with E-state index in [2.05, 4.69) is 0 Å². The smallest absolute Gasteiger partial charge is 0.264 e. The van der Waals surface area contributed by atoms with E-state index in [0.29, 0.717) is 28.1 Å². The zero-order valence-corrected chi connectivity index (χ0v) is 14.3. The minimum Gasteiger partial charge on any atom is -0.469 e. The number of hydrogen-bond donors (Lipinski definition) is 1. The summed E-state index contributed by atoms with van der Waals surface area (Å²) in [6.07, 6.45) is 1.21. The normalized spacial score (nSPS) is 19.9. The predicted octanol–water partition coefficient (Wildman–Crippen LogP) is 3.11. The van der Waals surface area contributed by atoms with Crippen LogP contribution in [0.5, 0.6) is 0 Å². The third kappa shape index (κ3) is 2.27. The van der Waals surface area contributed by atoms with Crippen LogP contribution < -0.4 is 4.90 Å². The molecule has 1 aromatic carbocycles. The van der Waals surface area contributed by atoms with Crippen LogP contribution in [-0.2, 0) is 10.4 Å². The molecule has 2 heterocycles. The molecular weight excluding hydrogens is 306 g/mol. The Bertz CT molecular complexity index is 801. The Morgan fingerprint density at radius 2 is 1.96 bits per heavy atom. The quantitative estimate of drug-likeness (QED) is 0.876. The molecule has 0 saturated carbocycles. The topological polar surface area (TPSA) is 70.7 Å². The predicted molar refractivity (Wildman–Crippen MR) is 90.1 cm³/mol. The lowest BCUT2D eigenvalue weighted by Crippen LogP contribution is -2.44. The standard InChI is InChI=1S/C19H21NO4/c1-11(2)20-15-8-6-5-7-14(15)19(23,18(20)22)9-16(21)17-12(3)10-24-13(17)4/h5-8,10-11,23H,9H2,1-4H3/t19-/m1/s1. The first-order valence-electron chi connectivity index (χ1n) is 8.00. The van der Waals surface area contributed by atoms with Gasteiger partial charge in [0.1, 0.15) is 5.76 Å². The second-order valence-corrected chi connectivity index (χ2v) is 6.60. The molecule has 5 heteroatoms. The minimum absolute atomic E-state index is 0.111. The van der Waals surface area contributed by atoms with Crippen LogP contribution in [0.15, 0.2) is 34.9 Å². The lowest BCUT2D eigenvalue weighted by atomic mass is 9.87. The van der Waals surface area contributed by atoms with E-state index in [1.54, 1.807) is 36.9 Å². The molecule has 0 fully saturated rings. The van der Waals surface area contributed by atoms with Crippen molar-refractivity contribution in [2.24, 2.45) is 0 Å². The maximum atomic E-state index is 12.9. The van der Waals surface area contributed by atoms with Crippen molar-refractivity contribution in [3.8, 4) is 0 Å². The van der Waals surface area contributed by atoms with Crippen molar-refractivity contribution in [1.82, 2.24) is 0 Å². The molecule has 0 spiro atoms. The number of aliphatic hydroxyl groups is 1. The van der Waals surface area contributed by atoms with Gasteiger partial charge < -0.3 is 14.4 Å². The number of aryl methyl sites for hydroxylation is 2. The number of fused-ring (bicyclic) bond motifs is 1.